The molecule has 180 valence electrons. The van der Waals surface area contributed by atoms with E-state index >= 15 is 0 Å². The van der Waals surface area contributed by atoms with Crippen LogP contribution in [-0.2, 0) is 4.79 Å². The average Bonchev–Trinajstić information content (AvgIpc) is 2.79. The van der Waals surface area contributed by atoms with Crippen molar-refractivity contribution in [2.75, 3.05) is 47.3 Å². The molecular weight excluding hydrogens is 450 g/mol. The smallest absolute Gasteiger partial charge is 0.320 e. The van der Waals surface area contributed by atoms with Crippen LogP contribution in [0.3, 0.4) is 0 Å². The molecule has 1 aliphatic rings. The van der Waals surface area contributed by atoms with Gasteiger partial charge in [-0.05, 0) is 61.6 Å². The fourth-order valence-corrected chi connectivity index (χ4v) is 3.47. The number of benzene rings is 2. The first-order valence-corrected chi connectivity index (χ1v) is 10.6. The molecule has 1 heterocycles. The maximum atomic E-state index is 13.7. The summed E-state index contributed by atoms with van der Waals surface area (Å²) in [6.07, 6.45) is 2.78. The van der Waals surface area contributed by atoms with Gasteiger partial charge >= 0.3 is 6.03 Å². The summed E-state index contributed by atoms with van der Waals surface area (Å²) in [5.41, 5.74) is 0.871. The molecular formula is C25H25F4N3O2. The number of likely N-dealkylation sites (tertiary alicyclic amines) is 1. The van der Waals surface area contributed by atoms with E-state index in [1.54, 1.807) is 7.05 Å². The van der Waals surface area contributed by atoms with Crippen molar-refractivity contribution < 1.29 is 27.2 Å². The number of nitrogens with zero attached hydrogens (tertiary/aromatic N) is 3. The van der Waals surface area contributed by atoms with Gasteiger partial charge in [0.05, 0.1) is 13.1 Å². The minimum atomic E-state index is -1.06. The van der Waals surface area contributed by atoms with Gasteiger partial charge in [0.25, 0.3) is 0 Å². The first-order chi connectivity index (χ1) is 16.0. The van der Waals surface area contributed by atoms with Crippen molar-refractivity contribution in [3.05, 3.63) is 81.9 Å². The molecule has 2 amide bonds. The Morgan fingerprint density at radius 1 is 0.824 bits per heavy atom. The van der Waals surface area contributed by atoms with Crippen molar-refractivity contribution in [3.8, 4) is 0 Å². The number of Topliss-reactive ketones (excluding diaryl/α,β-unsaturated/α-hetero) is 1. The normalized spacial score (nSPS) is 16.6. The van der Waals surface area contributed by atoms with Gasteiger partial charge < -0.3 is 14.7 Å². The molecule has 0 bridgehead atoms. The summed E-state index contributed by atoms with van der Waals surface area (Å²) in [4.78, 5) is 31.1. The molecule has 34 heavy (non-hydrogen) atoms. The van der Waals surface area contributed by atoms with Gasteiger partial charge in [-0.2, -0.15) is 0 Å². The van der Waals surface area contributed by atoms with Crippen LogP contribution < -0.4 is 0 Å². The highest BCUT2D eigenvalue weighted by atomic mass is 19.2. The number of hydrogen-bond acceptors (Lipinski definition) is 3. The van der Waals surface area contributed by atoms with Crippen molar-refractivity contribution in [1.82, 2.24) is 14.7 Å². The third kappa shape index (κ3) is 6.11. The molecule has 0 N–H and O–H groups in total. The third-order valence-corrected chi connectivity index (χ3v) is 5.35. The lowest BCUT2D eigenvalue weighted by molar-refractivity contribution is -0.113. The van der Waals surface area contributed by atoms with Gasteiger partial charge in [0.15, 0.2) is 29.1 Å². The molecule has 3 rings (SSSR count). The summed E-state index contributed by atoms with van der Waals surface area (Å²) in [5, 5.41) is 0. The third-order valence-electron chi connectivity index (χ3n) is 5.35. The maximum absolute atomic E-state index is 13.7. The minimum Gasteiger partial charge on any atom is -0.326 e. The second-order valence-corrected chi connectivity index (χ2v) is 8.38. The van der Waals surface area contributed by atoms with E-state index in [4.69, 9.17) is 0 Å². The van der Waals surface area contributed by atoms with Gasteiger partial charge in [-0.15, -0.1) is 0 Å². The van der Waals surface area contributed by atoms with E-state index in [0.29, 0.717) is 13.1 Å². The summed E-state index contributed by atoms with van der Waals surface area (Å²) < 4.78 is 54.0. The van der Waals surface area contributed by atoms with Gasteiger partial charge in [-0.1, -0.05) is 12.1 Å². The first-order valence-electron chi connectivity index (χ1n) is 10.6. The highest BCUT2D eigenvalue weighted by Gasteiger charge is 2.30. The fraction of sp³-hybridized carbons (Fsp3) is 0.280. The SMILES string of the molecule is CN(C)CCN(C)C(=O)N1C/C(=C\c2ccc(F)c(F)c2)C(=O)/C(=C/c2ccc(F)c(F)c2)C1. The number of hydrogen-bond donors (Lipinski definition) is 0. The second-order valence-electron chi connectivity index (χ2n) is 8.38. The van der Waals surface area contributed by atoms with Crippen LogP contribution in [0.15, 0.2) is 47.5 Å². The van der Waals surface area contributed by atoms with E-state index in [1.807, 2.05) is 19.0 Å². The molecule has 0 radical (unpaired) electrons. The summed E-state index contributed by atoms with van der Waals surface area (Å²) in [5.74, 6) is -4.58. The Labute approximate surface area is 195 Å². The molecule has 9 heteroatoms. The highest BCUT2D eigenvalue weighted by molar-refractivity contribution is 6.15. The lowest BCUT2D eigenvalue weighted by Crippen LogP contribution is -2.48. The van der Waals surface area contributed by atoms with Crippen LogP contribution in [0.25, 0.3) is 12.2 Å². The van der Waals surface area contributed by atoms with E-state index in [1.165, 1.54) is 34.1 Å². The van der Waals surface area contributed by atoms with Gasteiger partial charge in [-0.25, -0.2) is 22.4 Å². The topological polar surface area (TPSA) is 43.9 Å². The first kappa shape index (κ1) is 25.2. The molecule has 2 aromatic carbocycles. The molecule has 0 atom stereocenters. The Kier molecular flexibility index (Phi) is 7.88. The van der Waals surface area contributed by atoms with Crippen molar-refractivity contribution in [2.45, 2.75) is 0 Å². The van der Waals surface area contributed by atoms with Gasteiger partial charge in [-0.3, -0.25) is 4.79 Å². The average molecular weight is 475 g/mol. The van der Waals surface area contributed by atoms with Crippen LogP contribution in [0, 0.1) is 23.3 Å². The molecule has 2 aromatic rings. The number of carbonyl (C=O) groups is 2. The zero-order chi connectivity index (χ0) is 25.0. The number of carbonyl (C=O) groups excluding carboxylic acids is 2. The molecule has 0 spiro atoms. The lowest BCUT2D eigenvalue weighted by Gasteiger charge is -2.33. The zero-order valence-corrected chi connectivity index (χ0v) is 19.1. The van der Waals surface area contributed by atoms with E-state index in [9.17, 15) is 27.2 Å². The highest BCUT2D eigenvalue weighted by Crippen LogP contribution is 2.24. The molecule has 1 saturated heterocycles. The van der Waals surface area contributed by atoms with Crippen molar-refractivity contribution in [1.29, 1.82) is 0 Å². The lowest BCUT2D eigenvalue weighted by atomic mass is 9.94. The summed E-state index contributed by atoms with van der Waals surface area (Å²) in [7, 11) is 5.40. The van der Waals surface area contributed by atoms with Crippen molar-refractivity contribution >= 4 is 24.0 Å². The van der Waals surface area contributed by atoms with Gasteiger partial charge in [0.2, 0.25) is 0 Å². The van der Waals surface area contributed by atoms with Crippen LogP contribution in [-0.4, -0.2) is 73.8 Å². The molecule has 1 fully saturated rings. The Morgan fingerprint density at radius 2 is 1.29 bits per heavy atom. The van der Waals surface area contributed by atoms with Crippen LogP contribution in [0.4, 0.5) is 22.4 Å². The number of halogens is 4. The Morgan fingerprint density at radius 3 is 1.71 bits per heavy atom. The number of ketones is 1. The largest absolute Gasteiger partial charge is 0.326 e. The Bertz CT molecular complexity index is 1090. The number of likely N-dealkylation sites (N-methyl/N-ethyl adjacent to an activating group) is 2. The predicted octanol–water partition coefficient (Wildman–Crippen LogP) is 4.21. The molecule has 0 aliphatic carbocycles. The fourth-order valence-electron chi connectivity index (χ4n) is 3.47. The standard InChI is InChI=1S/C25H25F4N3O2/c1-30(2)8-9-31(3)25(34)32-14-18(10-16-4-6-20(26)22(28)12-16)24(33)19(15-32)11-17-5-7-21(27)23(29)13-17/h4-7,10-13H,8-9,14-15H2,1-3H3/b18-10+,19-11+. The number of rotatable bonds is 5. The maximum Gasteiger partial charge on any atom is 0.320 e. The van der Waals surface area contributed by atoms with Crippen LogP contribution in [0.1, 0.15) is 11.1 Å². The van der Waals surface area contributed by atoms with E-state index in [2.05, 4.69) is 0 Å². The predicted molar refractivity (Wildman–Crippen MR) is 122 cm³/mol. The Balaban J connectivity index is 1.97. The van der Waals surface area contributed by atoms with Crippen LogP contribution in [0.2, 0.25) is 0 Å². The minimum absolute atomic E-state index is 0.0436. The molecule has 1 aliphatic heterocycles. The van der Waals surface area contributed by atoms with Crippen molar-refractivity contribution in [2.24, 2.45) is 0 Å². The number of piperidine rings is 1. The molecule has 0 aromatic heterocycles. The number of amides is 2. The second kappa shape index (κ2) is 10.6. The van der Waals surface area contributed by atoms with E-state index in [-0.39, 0.29) is 41.4 Å². The molecule has 5 nitrogen and oxygen atoms in total. The zero-order valence-electron chi connectivity index (χ0n) is 19.1. The van der Waals surface area contributed by atoms with E-state index < -0.39 is 29.1 Å². The van der Waals surface area contributed by atoms with Crippen molar-refractivity contribution in [3.63, 3.8) is 0 Å². The van der Waals surface area contributed by atoms with Gasteiger partial charge in [0.1, 0.15) is 0 Å². The molecule has 0 saturated carbocycles. The Hall–Kier alpha value is -3.46. The molecule has 0 unspecified atom stereocenters. The van der Waals surface area contributed by atoms with Crippen LogP contribution in [0.5, 0.6) is 0 Å². The number of urea groups is 1. The van der Waals surface area contributed by atoms with E-state index in [0.717, 1.165) is 24.3 Å². The summed E-state index contributed by atoms with van der Waals surface area (Å²) in [6, 6.07) is 6.12. The monoisotopic (exact) mass is 475 g/mol. The quantitative estimate of drug-likeness (QED) is 0.481. The summed E-state index contributed by atoms with van der Waals surface area (Å²) >= 11 is 0. The van der Waals surface area contributed by atoms with Gasteiger partial charge in [0, 0.05) is 31.3 Å². The van der Waals surface area contributed by atoms with Crippen LogP contribution >= 0.6 is 0 Å². The summed E-state index contributed by atoms with van der Waals surface area (Å²) in [6.45, 7) is 0.987.